The fourth-order valence-corrected chi connectivity index (χ4v) is 4.69. The summed E-state index contributed by atoms with van der Waals surface area (Å²) in [4.78, 5) is 26.5. The molecule has 2 heterocycles. The zero-order valence-electron chi connectivity index (χ0n) is 19.1. The Morgan fingerprint density at radius 2 is 1.55 bits per heavy atom. The van der Waals surface area contributed by atoms with Gasteiger partial charge in [0, 0.05) is 23.6 Å². The number of methoxy groups -OCH3 is 1. The van der Waals surface area contributed by atoms with Gasteiger partial charge in [0.05, 0.1) is 12.0 Å². The summed E-state index contributed by atoms with van der Waals surface area (Å²) in [6.07, 6.45) is 2.57. The summed E-state index contributed by atoms with van der Waals surface area (Å²) in [5, 5.41) is -0.200. The number of benzene rings is 2. The van der Waals surface area contributed by atoms with E-state index in [2.05, 4.69) is 4.57 Å². The van der Waals surface area contributed by atoms with E-state index in [0.717, 1.165) is 58.1 Å². The molecule has 0 aliphatic carbocycles. The molecule has 33 heavy (non-hydrogen) atoms. The monoisotopic (exact) mass is 462 g/mol. The molecular weight excluding hydrogens is 436 g/mol. The number of aromatic nitrogens is 1. The van der Waals surface area contributed by atoms with Gasteiger partial charge in [-0.2, -0.15) is 0 Å². The van der Waals surface area contributed by atoms with Gasteiger partial charge in [0.2, 0.25) is 0 Å². The van der Waals surface area contributed by atoms with Crippen LogP contribution in [0, 0.1) is 13.8 Å². The minimum atomic E-state index is -0.211. The standard InChI is InChI=1S/C26H26N2O4S/c1-5-14-27-25(29)24(33-26(27)30)16-19-15-17(2)28(18(19)3)20-6-8-22(9-7-20)32-23-12-10-21(31-4)11-13-23/h6-13,15-16H,5,14H2,1-4H3/b24-16-. The van der Waals surface area contributed by atoms with E-state index in [9.17, 15) is 9.59 Å². The predicted octanol–water partition coefficient (Wildman–Crippen LogP) is 6.34. The van der Waals surface area contributed by atoms with Gasteiger partial charge in [-0.15, -0.1) is 0 Å². The van der Waals surface area contributed by atoms with Crippen LogP contribution in [0.5, 0.6) is 17.2 Å². The number of nitrogens with zero attached hydrogens (tertiary/aromatic N) is 2. The zero-order valence-corrected chi connectivity index (χ0v) is 19.9. The molecule has 0 unspecified atom stereocenters. The highest BCUT2D eigenvalue weighted by Gasteiger charge is 2.34. The second kappa shape index (κ2) is 9.58. The van der Waals surface area contributed by atoms with Crippen molar-refractivity contribution < 1.29 is 19.1 Å². The molecule has 7 heteroatoms. The molecular formula is C26H26N2O4S. The molecule has 2 aromatic carbocycles. The van der Waals surface area contributed by atoms with Crippen molar-refractivity contribution in [3.63, 3.8) is 0 Å². The third-order valence-corrected chi connectivity index (χ3v) is 6.38. The number of carbonyl (C=O) groups excluding carboxylic acids is 2. The van der Waals surface area contributed by atoms with Crippen LogP contribution in [0.1, 0.15) is 30.3 Å². The van der Waals surface area contributed by atoms with E-state index >= 15 is 0 Å². The molecule has 2 amide bonds. The van der Waals surface area contributed by atoms with Gasteiger partial charge in [0.25, 0.3) is 11.1 Å². The van der Waals surface area contributed by atoms with E-state index in [1.807, 2.05) is 81.4 Å². The second-order valence-electron chi connectivity index (χ2n) is 7.77. The number of thioether (sulfide) groups is 1. The maximum Gasteiger partial charge on any atom is 0.293 e. The SMILES string of the molecule is CCCN1C(=O)S/C(=C\c2cc(C)n(-c3ccc(Oc4ccc(OC)cc4)cc3)c2C)C1=O. The predicted molar refractivity (Wildman–Crippen MR) is 131 cm³/mol. The van der Waals surface area contributed by atoms with Crippen LogP contribution in [0.2, 0.25) is 0 Å². The summed E-state index contributed by atoms with van der Waals surface area (Å²) < 4.78 is 13.2. The van der Waals surface area contributed by atoms with Crippen molar-refractivity contribution >= 4 is 29.0 Å². The Morgan fingerprint density at radius 3 is 2.15 bits per heavy atom. The number of hydrogen-bond acceptors (Lipinski definition) is 5. The van der Waals surface area contributed by atoms with Crippen molar-refractivity contribution in [1.29, 1.82) is 0 Å². The van der Waals surface area contributed by atoms with Crippen LogP contribution < -0.4 is 9.47 Å². The van der Waals surface area contributed by atoms with Crippen LogP contribution in [-0.2, 0) is 4.79 Å². The van der Waals surface area contributed by atoms with Crippen molar-refractivity contribution in [1.82, 2.24) is 9.47 Å². The first-order chi connectivity index (χ1) is 15.9. The van der Waals surface area contributed by atoms with Crippen molar-refractivity contribution in [3.05, 3.63) is 76.5 Å². The quantitative estimate of drug-likeness (QED) is 0.383. The summed E-state index contributed by atoms with van der Waals surface area (Å²) in [5.74, 6) is 2.03. The number of imide groups is 1. The van der Waals surface area contributed by atoms with E-state index in [1.54, 1.807) is 7.11 Å². The number of ether oxygens (including phenoxy) is 2. The molecule has 4 rings (SSSR count). The first-order valence-electron chi connectivity index (χ1n) is 10.8. The lowest BCUT2D eigenvalue weighted by molar-refractivity contribution is -0.122. The van der Waals surface area contributed by atoms with Gasteiger partial charge in [-0.05, 0) is 98.3 Å². The molecule has 0 spiro atoms. The Morgan fingerprint density at radius 1 is 0.939 bits per heavy atom. The van der Waals surface area contributed by atoms with Crippen molar-refractivity contribution in [3.8, 4) is 22.9 Å². The average Bonchev–Trinajstić information content (AvgIpc) is 3.24. The molecule has 6 nitrogen and oxygen atoms in total. The summed E-state index contributed by atoms with van der Waals surface area (Å²) in [7, 11) is 1.63. The molecule has 1 saturated heterocycles. The summed E-state index contributed by atoms with van der Waals surface area (Å²) in [6, 6.07) is 17.3. The van der Waals surface area contributed by atoms with Crippen LogP contribution in [0.4, 0.5) is 4.79 Å². The Balaban J connectivity index is 1.55. The van der Waals surface area contributed by atoms with Crippen molar-refractivity contribution in [2.45, 2.75) is 27.2 Å². The third kappa shape index (κ3) is 4.68. The van der Waals surface area contributed by atoms with Gasteiger partial charge in [0.1, 0.15) is 17.2 Å². The van der Waals surface area contributed by atoms with E-state index in [-0.39, 0.29) is 11.1 Å². The van der Waals surface area contributed by atoms with Crippen LogP contribution >= 0.6 is 11.8 Å². The van der Waals surface area contributed by atoms with Crippen molar-refractivity contribution in [2.24, 2.45) is 0 Å². The molecule has 0 N–H and O–H groups in total. The minimum absolute atomic E-state index is 0.200. The lowest BCUT2D eigenvalue weighted by Crippen LogP contribution is -2.28. The number of hydrogen-bond donors (Lipinski definition) is 0. The Bertz CT molecular complexity index is 1210. The molecule has 170 valence electrons. The molecule has 0 atom stereocenters. The highest BCUT2D eigenvalue weighted by atomic mass is 32.2. The summed E-state index contributed by atoms with van der Waals surface area (Å²) in [5.41, 5.74) is 3.95. The highest BCUT2D eigenvalue weighted by molar-refractivity contribution is 8.18. The second-order valence-corrected chi connectivity index (χ2v) is 8.76. The largest absolute Gasteiger partial charge is 0.497 e. The molecule has 1 aromatic heterocycles. The topological polar surface area (TPSA) is 60.8 Å². The first kappa shape index (κ1) is 22.7. The molecule has 0 radical (unpaired) electrons. The zero-order chi connectivity index (χ0) is 23.5. The molecule has 1 aliphatic rings. The molecule has 3 aromatic rings. The number of rotatable bonds is 7. The van der Waals surface area contributed by atoms with Crippen LogP contribution in [-0.4, -0.2) is 34.3 Å². The van der Waals surface area contributed by atoms with E-state index in [1.165, 1.54) is 4.90 Å². The van der Waals surface area contributed by atoms with Gasteiger partial charge in [-0.25, -0.2) is 0 Å². The van der Waals surface area contributed by atoms with Gasteiger partial charge in [-0.1, -0.05) is 6.92 Å². The fraction of sp³-hybridized carbons (Fsp3) is 0.231. The van der Waals surface area contributed by atoms with Gasteiger partial charge in [-0.3, -0.25) is 14.5 Å². The highest BCUT2D eigenvalue weighted by Crippen LogP contribution is 2.34. The van der Waals surface area contributed by atoms with Crippen molar-refractivity contribution in [2.75, 3.05) is 13.7 Å². The lowest BCUT2D eigenvalue weighted by atomic mass is 10.2. The summed E-state index contributed by atoms with van der Waals surface area (Å²) >= 11 is 1.01. The van der Waals surface area contributed by atoms with Crippen LogP contribution in [0.3, 0.4) is 0 Å². The maximum absolute atomic E-state index is 12.6. The third-order valence-electron chi connectivity index (χ3n) is 5.47. The number of carbonyl (C=O) groups is 2. The smallest absolute Gasteiger partial charge is 0.293 e. The maximum atomic E-state index is 12.6. The lowest BCUT2D eigenvalue weighted by Gasteiger charge is -2.12. The average molecular weight is 463 g/mol. The summed E-state index contributed by atoms with van der Waals surface area (Å²) in [6.45, 7) is 6.44. The minimum Gasteiger partial charge on any atom is -0.497 e. The molecule has 1 fully saturated rings. The molecule has 1 aliphatic heterocycles. The normalized spacial score (nSPS) is 14.9. The van der Waals surface area contributed by atoms with Gasteiger partial charge < -0.3 is 14.0 Å². The van der Waals surface area contributed by atoms with E-state index in [0.29, 0.717) is 11.4 Å². The van der Waals surface area contributed by atoms with E-state index < -0.39 is 0 Å². The Hall–Kier alpha value is -3.45. The number of amides is 2. The fourth-order valence-electron chi connectivity index (χ4n) is 3.83. The number of aryl methyl sites for hydroxylation is 1. The first-order valence-corrected chi connectivity index (χ1v) is 11.6. The van der Waals surface area contributed by atoms with Crippen LogP contribution in [0.25, 0.3) is 11.8 Å². The molecule has 0 bridgehead atoms. The van der Waals surface area contributed by atoms with Crippen LogP contribution in [0.15, 0.2) is 59.5 Å². The van der Waals surface area contributed by atoms with Gasteiger partial charge in [0.15, 0.2) is 0 Å². The van der Waals surface area contributed by atoms with Gasteiger partial charge >= 0.3 is 0 Å². The Kier molecular flexibility index (Phi) is 6.60. The van der Waals surface area contributed by atoms with E-state index in [4.69, 9.17) is 9.47 Å². The molecule has 0 saturated carbocycles. The Labute approximate surface area is 197 Å².